The predicted octanol–water partition coefficient (Wildman–Crippen LogP) is 4.07. The van der Waals surface area contributed by atoms with Crippen molar-refractivity contribution in [3.05, 3.63) is 57.6 Å². The Labute approximate surface area is 127 Å². The maximum atomic E-state index is 9.35. The summed E-state index contributed by atoms with van der Waals surface area (Å²) in [6.07, 6.45) is 0. The molecule has 2 aromatic carbocycles. The molecule has 5 heteroatoms. The van der Waals surface area contributed by atoms with E-state index in [1.165, 1.54) is 0 Å². The Morgan fingerprint density at radius 3 is 2.60 bits per heavy atom. The lowest BCUT2D eigenvalue weighted by molar-refractivity contribution is 0.250. The van der Waals surface area contributed by atoms with Gasteiger partial charge in [-0.2, -0.15) is 0 Å². The van der Waals surface area contributed by atoms with Gasteiger partial charge in [0.15, 0.2) is 11.5 Å². The van der Waals surface area contributed by atoms with Crippen molar-refractivity contribution in [2.24, 2.45) is 0 Å². The molecular weight excluding hydrogens is 299 g/mol. The first kappa shape index (κ1) is 15.0. The average molecular weight is 313 g/mol. The minimum atomic E-state index is -0.129. The number of ether oxygens (including phenoxy) is 2. The Kier molecular flexibility index (Phi) is 5.12. The van der Waals surface area contributed by atoms with Crippen molar-refractivity contribution in [2.45, 2.75) is 13.2 Å². The Morgan fingerprint density at radius 1 is 1.10 bits per heavy atom. The van der Waals surface area contributed by atoms with E-state index in [-0.39, 0.29) is 13.2 Å². The van der Waals surface area contributed by atoms with Gasteiger partial charge in [-0.05, 0) is 24.3 Å². The van der Waals surface area contributed by atoms with Crippen molar-refractivity contribution < 1.29 is 14.6 Å². The van der Waals surface area contributed by atoms with Crippen LogP contribution in [0, 0.1) is 0 Å². The van der Waals surface area contributed by atoms with E-state index < -0.39 is 0 Å². The summed E-state index contributed by atoms with van der Waals surface area (Å²) in [6, 6.07) is 10.5. The van der Waals surface area contributed by atoms with Gasteiger partial charge in [-0.1, -0.05) is 35.3 Å². The van der Waals surface area contributed by atoms with Crippen LogP contribution < -0.4 is 9.47 Å². The van der Waals surface area contributed by atoms with Crippen LogP contribution in [0.3, 0.4) is 0 Å². The predicted molar refractivity (Wildman–Crippen MR) is 79.7 cm³/mol. The molecule has 106 valence electrons. The number of aliphatic hydroxyl groups is 1. The van der Waals surface area contributed by atoms with E-state index in [2.05, 4.69) is 0 Å². The number of aliphatic hydroxyl groups excluding tert-OH is 1. The fraction of sp³-hybridized carbons (Fsp3) is 0.200. The topological polar surface area (TPSA) is 38.7 Å². The van der Waals surface area contributed by atoms with Crippen molar-refractivity contribution in [1.29, 1.82) is 0 Å². The van der Waals surface area contributed by atoms with Gasteiger partial charge in [-0.15, -0.1) is 0 Å². The summed E-state index contributed by atoms with van der Waals surface area (Å²) in [5.41, 5.74) is 1.43. The maximum Gasteiger partial charge on any atom is 0.167 e. The summed E-state index contributed by atoms with van der Waals surface area (Å²) < 4.78 is 11.0. The number of halogens is 2. The zero-order valence-corrected chi connectivity index (χ0v) is 12.4. The van der Waals surface area contributed by atoms with Gasteiger partial charge in [0.1, 0.15) is 6.61 Å². The highest BCUT2D eigenvalue weighted by molar-refractivity contribution is 6.33. The average Bonchev–Trinajstić information content (AvgIpc) is 2.47. The largest absolute Gasteiger partial charge is 0.493 e. The van der Waals surface area contributed by atoms with Crippen LogP contribution in [-0.4, -0.2) is 12.2 Å². The molecule has 0 spiro atoms. The van der Waals surface area contributed by atoms with Crippen LogP contribution in [-0.2, 0) is 13.2 Å². The highest BCUT2D eigenvalue weighted by atomic mass is 35.5. The lowest BCUT2D eigenvalue weighted by Gasteiger charge is -2.14. The van der Waals surface area contributed by atoms with Crippen molar-refractivity contribution in [1.82, 2.24) is 0 Å². The fourth-order valence-corrected chi connectivity index (χ4v) is 2.18. The zero-order chi connectivity index (χ0) is 14.5. The fourth-order valence-electron chi connectivity index (χ4n) is 1.81. The Hall–Kier alpha value is -1.42. The number of para-hydroxylation sites is 1. The lowest BCUT2D eigenvalue weighted by atomic mass is 10.2. The molecule has 0 heterocycles. The first-order valence-corrected chi connectivity index (χ1v) is 6.74. The van der Waals surface area contributed by atoms with Gasteiger partial charge in [-0.3, -0.25) is 0 Å². The molecule has 0 unspecified atom stereocenters. The van der Waals surface area contributed by atoms with Crippen molar-refractivity contribution >= 4 is 23.2 Å². The first-order chi connectivity index (χ1) is 9.65. The summed E-state index contributed by atoms with van der Waals surface area (Å²) >= 11 is 12.0. The zero-order valence-electron chi connectivity index (χ0n) is 10.9. The smallest absolute Gasteiger partial charge is 0.167 e. The Balaban J connectivity index is 2.24. The second-order valence-corrected chi connectivity index (χ2v) is 4.97. The molecule has 0 amide bonds. The quantitative estimate of drug-likeness (QED) is 0.904. The summed E-state index contributed by atoms with van der Waals surface area (Å²) in [4.78, 5) is 0. The number of benzene rings is 2. The highest BCUT2D eigenvalue weighted by Gasteiger charge is 2.11. The molecule has 0 aliphatic carbocycles. The molecule has 0 saturated carbocycles. The van der Waals surface area contributed by atoms with Crippen LogP contribution in [0.5, 0.6) is 11.5 Å². The van der Waals surface area contributed by atoms with E-state index in [1.54, 1.807) is 43.5 Å². The third-order valence-corrected chi connectivity index (χ3v) is 3.43. The monoisotopic (exact) mass is 312 g/mol. The van der Waals surface area contributed by atoms with Crippen molar-refractivity contribution in [2.75, 3.05) is 7.11 Å². The van der Waals surface area contributed by atoms with Gasteiger partial charge < -0.3 is 14.6 Å². The number of rotatable bonds is 5. The Morgan fingerprint density at radius 2 is 1.90 bits per heavy atom. The van der Waals surface area contributed by atoms with Gasteiger partial charge in [0.05, 0.1) is 13.7 Å². The maximum absolute atomic E-state index is 9.35. The van der Waals surface area contributed by atoms with Gasteiger partial charge in [0, 0.05) is 21.2 Å². The first-order valence-electron chi connectivity index (χ1n) is 5.99. The molecule has 0 aliphatic rings. The molecule has 0 bridgehead atoms. The molecule has 2 rings (SSSR count). The van der Waals surface area contributed by atoms with Gasteiger partial charge >= 0.3 is 0 Å². The van der Waals surface area contributed by atoms with E-state index in [0.717, 1.165) is 5.56 Å². The SMILES string of the molecule is COc1cccc(CO)c1OCc1cc(Cl)ccc1Cl. The second kappa shape index (κ2) is 6.84. The van der Waals surface area contributed by atoms with Crippen molar-refractivity contribution in [3.8, 4) is 11.5 Å². The molecule has 0 saturated heterocycles. The minimum absolute atomic E-state index is 0.129. The van der Waals surface area contributed by atoms with Gasteiger partial charge in [0.25, 0.3) is 0 Å². The summed E-state index contributed by atoms with van der Waals surface area (Å²) in [5, 5.41) is 10.5. The molecule has 0 fully saturated rings. The number of hydrogen-bond acceptors (Lipinski definition) is 3. The summed E-state index contributed by atoms with van der Waals surface area (Å²) in [6.45, 7) is 0.114. The summed E-state index contributed by atoms with van der Waals surface area (Å²) in [7, 11) is 1.55. The number of methoxy groups -OCH3 is 1. The molecule has 2 aromatic rings. The van der Waals surface area contributed by atoms with E-state index in [4.69, 9.17) is 32.7 Å². The molecule has 3 nitrogen and oxygen atoms in total. The summed E-state index contributed by atoms with van der Waals surface area (Å²) in [5.74, 6) is 1.07. The standard InChI is InChI=1S/C15H14Cl2O3/c1-19-14-4-2-3-10(8-18)15(14)20-9-11-7-12(16)5-6-13(11)17/h2-7,18H,8-9H2,1H3. The van der Waals surface area contributed by atoms with Crippen LogP contribution in [0.1, 0.15) is 11.1 Å². The number of hydrogen-bond donors (Lipinski definition) is 1. The van der Waals surface area contributed by atoms with Crippen LogP contribution in [0.15, 0.2) is 36.4 Å². The van der Waals surface area contributed by atoms with E-state index in [1.807, 2.05) is 0 Å². The normalized spacial score (nSPS) is 10.4. The highest BCUT2D eigenvalue weighted by Crippen LogP contribution is 2.32. The lowest BCUT2D eigenvalue weighted by Crippen LogP contribution is -2.01. The van der Waals surface area contributed by atoms with Crippen LogP contribution >= 0.6 is 23.2 Å². The molecule has 1 N–H and O–H groups in total. The van der Waals surface area contributed by atoms with E-state index >= 15 is 0 Å². The van der Waals surface area contributed by atoms with E-state index in [9.17, 15) is 5.11 Å². The van der Waals surface area contributed by atoms with Crippen molar-refractivity contribution in [3.63, 3.8) is 0 Å². The van der Waals surface area contributed by atoms with Gasteiger partial charge in [-0.25, -0.2) is 0 Å². The van der Waals surface area contributed by atoms with Crippen LogP contribution in [0.4, 0.5) is 0 Å². The third-order valence-electron chi connectivity index (χ3n) is 2.83. The molecule has 0 aliphatic heterocycles. The van der Waals surface area contributed by atoms with Crippen LogP contribution in [0.25, 0.3) is 0 Å². The molecule has 0 radical (unpaired) electrons. The van der Waals surface area contributed by atoms with Crippen LogP contribution in [0.2, 0.25) is 10.0 Å². The minimum Gasteiger partial charge on any atom is -0.493 e. The Bertz CT molecular complexity index is 577. The molecular formula is C15H14Cl2O3. The van der Waals surface area contributed by atoms with E-state index in [0.29, 0.717) is 27.1 Å². The van der Waals surface area contributed by atoms with Gasteiger partial charge in [0.2, 0.25) is 0 Å². The third kappa shape index (κ3) is 3.37. The molecule has 0 atom stereocenters. The molecule has 0 aromatic heterocycles. The second-order valence-electron chi connectivity index (χ2n) is 4.13. The molecule has 20 heavy (non-hydrogen) atoms.